The topological polar surface area (TPSA) is 32.7 Å². The van der Waals surface area contributed by atoms with Crippen molar-refractivity contribution in [2.75, 3.05) is 19.6 Å². The monoisotopic (exact) mass is 323 g/mol. The minimum Gasteiger partial charge on any atom is -0.489 e. The predicted molar refractivity (Wildman–Crippen MR) is 89.5 cm³/mol. The maximum Gasteiger partial charge on any atom is 0.138 e. The van der Waals surface area contributed by atoms with E-state index in [0.717, 1.165) is 43.8 Å². The number of aliphatic hydroxyl groups excluding tert-OH is 1. The lowest BCUT2D eigenvalue weighted by atomic mass is 9.96. The first-order valence-electron chi connectivity index (χ1n) is 8.50. The number of rotatable bonds is 6. The highest BCUT2D eigenvalue weighted by molar-refractivity contribution is 6.32. The van der Waals surface area contributed by atoms with Gasteiger partial charge in [-0.25, -0.2) is 0 Å². The molecule has 2 fully saturated rings. The third kappa shape index (κ3) is 4.15. The Morgan fingerprint density at radius 2 is 2.00 bits per heavy atom. The fourth-order valence-corrected chi connectivity index (χ4v) is 3.37. The highest BCUT2D eigenvalue weighted by Crippen LogP contribution is 2.34. The number of nitrogens with zero attached hydrogens (tertiary/aromatic N) is 1. The summed E-state index contributed by atoms with van der Waals surface area (Å²) < 4.78 is 5.75. The van der Waals surface area contributed by atoms with E-state index in [1.807, 2.05) is 18.2 Å². The van der Waals surface area contributed by atoms with Gasteiger partial charge in [0.2, 0.25) is 0 Å². The van der Waals surface area contributed by atoms with E-state index in [0.29, 0.717) is 11.1 Å². The fraction of sp³-hybridized carbons (Fsp3) is 0.667. The van der Waals surface area contributed by atoms with E-state index in [9.17, 15) is 5.11 Å². The van der Waals surface area contributed by atoms with Crippen molar-refractivity contribution in [3.63, 3.8) is 0 Å². The molecule has 4 heteroatoms. The Morgan fingerprint density at radius 1 is 1.27 bits per heavy atom. The van der Waals surface area contributed by atoms with E-state index >= 15 is 0 Å². The van der Waals surface area contributed by atoms with Crippen LogP contribution in [0.3, 0.4) is 0 Å². The van der Waals surface area contributed by atoms with Crippen LogP contribution in [0, 0.1) is 5.92 Å². The van der Waals surface area contributed by atoms with Gasteiger partial charge in [0.05, 0.1) is 17.2 Å². The highest BCUT2D eigenvalue weighted by Gasteiger charge is 2.25. The maximum atomic E-state index is 10.6. The van der Waals surface area contributed by atoms with Gasteiger partial charge in [-0.1, -0.05) is 31.0 Å². The molecule has 0 amide bonds. The second-order valence-electron chi connectivity index (χ2n) is 6.79. The molecule has 0 aromatic heterocycles. The lowest BCUT2D eigenvalue weighted by molar-refractivity contribution is 0.0819. The van der Waals surface area contributed by atoms with Crippen LogP contribution in [0.2, 0.25) is 5.02 Å². The van der Waals surface area contributed by atoms with Crippen molar-refractivity contribution < 1.29 is 9.84 Å². The van der Waals surface area contributed by atoms with Crippen LogP contribution in [0.5, 0.6) is 5.75 Å². The molecular formula is C18H26ClNO2. The molecule has 1 N–H and O–H groups in total. The average Bonchev–Trinajstić information content (AvgIpc) is 3.33. The van der Waals surface area contributed by atoms with Crippen molar-refractivity contribution in [1.29, 1.82) is 0 Å². The van der Waals surface area contributed by atoms with Crippen LogP contribution in [0.4, 0.5) is 0 Å². The van der Waals surface area contributed by atoms with Crippen LogP contribution in [-0.2, 0) is 0 Å². The van der Waals surface area contributed by atoms with Gasteiger partial charge in [-0.2, -0.15) is 0 Å². The fourth-order valence-electron chi connectivity index (χ4n) is 3.14. The van der Waals surface area contributed by atoms with Gasteiger partial charge in [0.25, 0.3) is 0 Å². The number of halogens is 1. The van der Waals surface area contributed by atoms with Gasteiger partial charge in [0.1, 0.15) is 5.75 Å². The summed E-state index contributed by atoms with van der Waals surface area (Å²) >= 11 is 6.30. The van der Waals surface area contributed by atoms with Crippen LogP contribution in [-0.4, -0.2) is 35.7 Å². The van der Waals surface area contributed by atoms with Gasteiger partial charge >= 0.3 is 0 Å². The highest BCUT2D eigenvalue weighted by atomic mass is 35.5. The largest absolute Gasteiger partial charge is 0.489 e. The Hall–Kier alpha value is -0.770. The molecule has 1 unspecified atom stereocenters. The summed E-state index contributed by atoms with van der Waals surface area (Å²) in [5, 5.41) is 11.2. The second kappa shape index (κ2) is 7.20. The zero-order valence-corrected chi connectivity index (χ0v) is 14.1. The maximum absolute atomic E-state index is 10.6. The number of hydrogen-bond donors (Lipinski definition) is 1. The lowest BCUT2D eigenvalue weighted by Gasteiger charge is -2.31. The average molecular weight is 324 g/mol. The summed E-state index contributed by atoms with van der Waals surface area (Å²) in [6, 6.07) is 5.70. The molecule has 1 aliphatic carbocycles. The Bertz CT molecular complexity index is 498. The smallest absolute Gasteiger partial charge is 0.138 e. The molecule has 0 bridgehead atoms. The summed E-state index contributed by atoms with van der Waals surface area (Å²) in [7, 11) is 0. The van der Waals surface area contributed by atoms with Crippen LogP contribution in [0.15, 0.2) is 18.2 Å². The summed E-state index contributed by atoms with van der Waals surface area (Å²) in [5.74, 6) is 0.938. The zero-order chi connectivity index (χ0) is 15.5. The van der Waals surface area contributed by atoms with Crippen LogP contribution >= 0.6 is 11.6 Å². The second-order valence-corrected chi connectivity index (χ2v) is 7.20. The molecule has 2 aliphatic rings. The first-order valence-corrected chi connectivity index (χ1v) is 8.88. The van der Waals surface area contributed by atoms with Gasteiger partial charge < -0.3 is 14.7 Å². The number of ether oxygens (including phenoxy) is 1. The molecular weight excluding hydrogens is 298 g/mol. The number of likely N-dealkylation sites (tertiary alicyclic amines) is 1. The van der Waals surface area contributed by atoms with E-state index in [1.54, 1.807) is 0 Å². The van der Waals surface area contributed by atoms with Crippen molar-refractivity contribution in [3.8, 4) is 5.75 Å². The molecule has 0 radical (unpaired) electrons. The molecule has 1 saturated heterocycles. The van der Waals surface area contributed by atoms with Gasteiger partial charge in [-0.05, 0) is 62.4 Å². The third-order valence-electron chi connectivity index (χ3n) is 4.65. The molecule has 3 nitrogen and oxygen atoms in total. The van der Waals surface area contributed by atoms with Crippen LogP contribution in [0.1, 0.15) is 50.7 Å². The van der Waals surface area contributed by atoms with Crippen molar-refractivity contribution in [1.82, 2.24) is 4.90 Å². The number of piperidine rings is 1. The SMILES string of the molecule is C[C@H](CN1CCCCC1)C(O)c1ccc(OC2CC2)c(Cl)c1. The number of benzene rings is 1. The molecule has 1 heterocycles. The molecule has 2 atom stereocenters. The van der Waals surface area contributed by atoms with E-state index in [4.69, 9.17) is 16.3 Å². The van der Waals surface area contributed by atoms with Crippen molar-refractivity contribution in [2.45, 2.75) is 51.2 Å². The minimum absolute atomic E-state index is 0.198. The summed E-state index contributed by atoms with van der Waals surface area (Å²) in [5.41, 5.74) is 0.887. The Kier molecular flexibility index (Phi) is 5.27. The van der Waals surface area contributed by atoms with Gasteiger partial charge in [-0.3, -0.25) is 0 Å². The number of aliphatic hydroxyl groups is 1. The normalized spacial score (nSPS) is 22.3. The zero-order valence-electron chi connectivity index (χ0n) is 13.3. The predicted octanol–water partition coefficient (Wildman–Crippen LogP) is 4.04. The van der Waals surface area contributed by atoms with E-state index in [-0.39, 0.29) is 5.92 Å². The Morgan fingerprint density at radius 3 is 2.64 bits per heavy atom. The molecule has 1 saturated carbocycles. The van der Waals surface area contributed by atoms with Gasteiger partial charge in [-0.15, -0.1) is 0 Å². The molecule has 1 aromatic carbocycles. The summed E-state index contributed by atoms with van der Waals surface area (Å²) in [6.45, 7) is 5.37. The first-order chi connectivity index (χ1) is 10.6. The van der Waals surface area contributed by atoms with Gasteiger partial charge in [0.15, 0.2) is 0 Å². The van der Waals surface area contributed by atoms with Crippen LogP contribution < -0.4 is 4.74 Å². The Labute approximate surface area is 138 Å². The lowest BCUT2D eigenvalue weighted by Crippen LogP contribution is -2.35. The standard InChI is InChI=1S/C18H26ClNO2/c1-13(12-20-9-3-2-4-10-20)18(21)14-5-8-17(16(19)11-14)22-15-6-7-15/h5,8,11,13,15,18,21H,2-4,6-7,9-10,12H2,1H3/t13-,18?/m1/s1. The molecule has 22 heavy (non-hydrogen) atoms. The third-order valence-corrected chi connectivity index (χ3v) is 4.94. The Balaban J connectivity index is 1.60. The van der Waals surface area contributed by atoms with Crippen molar-refractivity contribution >= 4 is 11.6 Å². The summed E-state index contributed by atoms with van der Waals surface area (Å²) in [4.78, 5) is 2.46. The minimum atomic E-state index is -0.477. The summed E-state index contributed by atoms with van der Waals surface area (Å²) in [6.07, 6.45) is 6.00. The molecule has 1 aromatic rings. The van der Waals surface area contributed by atoms with Crippen LogP contribution in [0.25, 0.3) is 0 Å². The molecule has 3 rings (SSSR count). The van der Waals surface area contributed by atoms with Gasteiger partial charge in [0, 0.05) is 6.54 Å². The number of hydrogen-bond acceptors (Lipinski definition) is 3. The van der Waals surface area contributed by atoms with E-state index < -0.39 is 6.10 Å². The molecule has 1 aliphatic heterocycles. The quantitative estimate of drug-likeness (QED) is 0.857. The molecule has 0 spiro atoms. The first kappa shape index (κ1) is 16.1. The van der Waals surface area contributed by atoms with Crippen molar-refractivity contribution in [2.24, 2.45) is 5.92 Å². The van der Waals surface area contributed by atoms with E-state index in [2.05, 4.69) is 11.8 Å². The van der Waals surface area contributed by atoms with Crippen molar-refractivity contribution in [3.05, 3.63) is 28.8 Å². The van der Waals surface area contributed by atoms with E-state index in [1.165, 1.54) is 19.3 Å². The molecule has 122 valence electrons.